The third kappa shape index (κ3) is 2.04. The Bertz CT molecular complexity index is 371. The Morgan fingerprint density at radius 3 is 2.87 bits per heavy atom. The van der Waals surface area contributed by atoms with Crippen LogP contribution in [0.3, 0.4) is 0 Å². The number of rotatable bonds is 2. The largest absolute Gasteiger partial charge is 0.478 e. The molecule has 1 atom stereocenters. The molecule has 2 rings (SSSR count). The van der Waals surface area contributed by atoms with Crippen molar-refractivity contribution in [3.8, 4) is 0 Å². The van der Waals surface area contributed by atoms with Gasteiger partial charge in [-0.25, -0.2) is 4.99 Å². The number of fused-ring (bicyclic) bond motifs is 1. The highest BCUT2D eigenvalue weighted by Gasteiger charge is 2.19. The average molecular weight is 203 g/mol. The average Bonchev–Trinajstić information content (AvgIpc) is 2.29. The maximum atomic E-state index is 5.59. The molecule has 1 aliphatic rings. The van der Waals surface area contributed by atoms with Gasteiger partial charge in [-0.3, -0.25) is 0 Å². The van der Waals surface area contributed by atoms with Crippen LogP contribution in [0.4, 0.5) is 0 Å². The Balaban J connectivity index is 2.36. The van der Waals surface area contributed by atoms with E-state index in [9.17, 15) is 0 Å². The molecular weight excluding hydrogens is 186 g/mol. The van der Waals surface area contributed by atoms with Gasteiger partial charge in [-0.15, -0.1) is 0 Å². The summed E-state index contributed by atoms with van der Waals surface area (Å²) in [6.07, 6.45) is 2.12. The van der Waals surface area contributed by atoms with Crippen LogP contribution in [0.5, 0.6) is 0 Å². The Hall–Kier alpha value is -1.31. The van der Waals surface area contributed by atoms with Crippen molar-refractivity contribution in [3.05, 3.63) is 35.4 Å². The molecule has 2 heteroatoms. The van der Waals surface area contributed by atoms with E-state index in [4.69, 9.17) is 4.74 Å². The predicted octanol–water partition coefficient (Wildman–Crippen LogP) is 2.80. The van der Waals surface area contributed by atoms with Crippen LogP contribution in [0.15, 0.2) is 29.3 Å². The highest BCUT2D eigenvalue weighted by molar-refractivity contribution is 5.96. The van der Waals surface area contributed by atoms with Gasteiger partial charge in [0.15, 0.2) is 0 Å². The molecule has 1 aromatic rings. The van der Waals surface area contributed by atoms with Crippen molar-refractivity contribution in [3.63, 3.8) is 0 Å². The van der Waals surface area contributed by atoms with Crippen molar-refractivity contribution in [2.45, 2.75) is 32.7 Å². The van der Waals surface area contributed by atoms with Crippen molar-refractivity contribution >= 4 is 5.90 Å². The summed E-state index contributed by atoms with van der Waals surface area (Å²) in [5.41, 5.74) is 2.53. The Labute approximate surface area is 91.0 Å². The summed E-state index contributed by atoms with van der Waals surface area (Å²) in [4.78, 5) is 4.63. The van der Waals surface area contributed by atoms with Crippen LogP contribution in [0, 0.1) is 0 Å². The van der Waals surface area contributed by atoms with Gasteiger partial charge >= 0.3 is 0 Å². The molecule has 15 heavy (non-hydrogen) atoms. The first-order valence-corrected chi connectivity index (χ1v) is 5.64. The summed E-state index contributed by atoms with van der Waals surface area (Å²) in [7, 11) is 0. The van der Waals surface area contributed by atoms with E-state index in [1.165, 1.54) is 11.1 Å². The summed E-state index contributed by atoms with van der Waals surface area (Å²) in [6, 6.07) is 8.78. The van der Waals surface area contributed by atoms with E-state index in [1.807, 2.05) is 13.0 Å². The quantitative estimate of drug-likeness (QED) is 0.724. The molecule has 0 spiro atoms. The molecule has 1 aromatic carbocycles. The van der Waals surface area contributed by atoms with E-state index in [0.29, 0.717) is 12.6 Å². The third-order valence-corrected chi connectivity index (χ3v) is 2.76. The number of benzene rings is 1. The fourth-order valence-electron chi connectivity index (χ4n) is 1.93. The zero-order valence-electron chi connectivity index (χ0n) is 9.36. The van der Waals surface area contributed by atoms with Gasteiger partial charge in [0.2, 0.25) is 5.90 Å². The maximum Gasteiger partial charge on any atom is 0.216 e. The van der Waals surface area contributed by atoms with Crippen molar-refractivity contribution < 1.29 is 4.74 Å². The molecule has 80 valence electrons. The summed E-state index contributed by atoms with van der Waals surface area (Å²) in [6.45, 7) is 4.86. The number of hydrogen-bond acceptors (Lipinski definition) is 2. The van der Waals surface area contributed by atoms with E-state index in [2.05, 4.69) is 30.1 Å². The lowest BCUT2D eigenvalue weighted by Crippen LogP contribution is -2.22. The fraction of sp³-hybridized carbons (Fsp3) is 0.462. The SMILES string of the molecule is CCOC1=NC(CC)Cc2ccccc21. The Morgan fingerprint density at radius 1 is 1.33 bits per heavy atom. The standard InChI is InChI=1S/C13H17NO/c1-3-11-9-10-7-5-6-8-12(10)13(14-11)15-4-2/h5-8,11H,3-4,9H2,1-2H3. The molecular formula is C13H17NO. The van der Waals surface area contributed by atoms with Crippen LogP contribution in [-0.2, 0) is 11.2 Å². The molecule has 0 amide bonds. The van der Waals surface area contributed by atoms with Crippen molar-refractivity contribution in [2.75, 3.05) is 6.61 Å². The predicted molar refractivity (Wildman–Crippen MR) is 62.4 cm³/mol. The van der Waals surface area contributed by atoms with Crippen LogP contribution < -0.4 is 0 Å². The monoisotopic (exact) mass is 203 g/mol. The van der Waals surface area contributed by atoms with Gasteiger partial charge in [0, 0.05) is 5.56 Å². The minimum absolute atomic E-state index is 0.390. The first-order valence-electron chi connectivity index (χ1n) is 5.64. The Morgan fingerprint density at radius 2 is 2.13 bits per heavy atom. The molecule has 1 aliphatic heterocycles. The molecule has 0 saturated carbocycles. The Kier molecular flexibility index (Phi) is 3.05. The van der Waals surface area contributed by atoms with Crippen molar-refractivity contribution in [1.82, 2.24) is 0 Å². The van der Waals surface area contributed by atoms with Crippen LogP contribution in [0.1, 0.15) is 31.4 Å². The van der Waals surface area contributed by atoms with Gasteiger partial charge in [0.25, 0.3) is 0 Å². The van der Waals surface area contributed by atoms with Gasteiger partial charge in [0.05, 0.1) is 12.6 Å². The third-order valence-electron chi connectivity index (χ3n) is 2.76. The molecule has 0 radical (unpaired) electrons. The van der Waals surface area contributed by atoms with Gasteiger partial charge in [-0.1, -0.05) is 25.1 Å². The fourth-order valence-corrected chi connectivity index (χ4v) is 1.93. The number of ether oxygens (including phenoxy) is 1. The highest BCUT2D eigenvalue weighted by Crippen LogP contribution is 2.21. The zero-order chi connectivity index (χ0) is 10.7. The summed E-state index contributed by atoms with van der Waals surface area (Å²) >= 11 is 0. The van der Waals surface area contributed by atoms with E-state index in [1.54, 1.807) is 0 Å². The highest BCUT2D eigenvalue weighted by atomic mass is 16.5. The van der Waals surface area contributed by atoms with Gasteiger partial charge in [-0.2, -0.15) is 0 Å². The lowest BCUT2D eigenvalue weighted by molar-refractivity contribution is 0.322. The van der Waals surface area contributed by atoms with Crippen LogP contribution in [0.25, 0.3) is 0 Å². The molecule has 0 aliphatic carbocycles. The second-order valence-electron chi connectivity index (χ2n) is 3.79. The van der Waals surface area contributed by atoms with E-state index >= 15 is 0 Å². The molecule has 0 aromatic heterocycles. The van der Waals surface area contributed by atoms with Crippen LogP contribution in [-0.4, -0.2) is 18.5 Å². The lowest BCUT2D eigenvalue weighted by atomic mass is 9.96. The molecule has 0 fully saturated rings. The summed E-state index contributed by atoms with van der Waals surface area (Å²) < 4.78 is 5.59. The second-order valence-corrected chi connectivity index (χ2v) is 3.79. The molecule has 0 saturated heterocycles. The first kappa shape index (κ1) is 10.2. The number of nitrogens with zero attached hydrogens (tertiary/aromatic N) is 1. The van der Waals surface area contributed by atoms with Crippen molar-refractivity contribution in [1.29, 1.82) is 0 Å². The van der Waals surface area contributed by atoms with Gasteiger partial charge in [-0.05, 0) is 31.4 Å². The zero-order valence-corrected chi connectivity index (χ0v) is 9.36. The van der Waals surface area contributed by atoms with E-state index in [-0.39, 0.29) is 0 Å². The van der Waals surface area contributed by atoms with Crippen LogP contribution in [0.2, 0.25) is 0 Å². The molecule has 0 bridgehead atoms. The van der Waals surface area contributed by atoms with Gasteiger partial charge < -0.3 is 4.74 Å². The van der Waals surface area contributed by atoms with E-state index in [0.717, 1.165) is 18.7 Å². The van der Waals surface area contributed by atoms with Crippen LogP contribution >= 0.6 is 0 Å². The second kappa shape index (κ2) is 4.47. The minimum atomic E-state index is 0.390. The maximum absolute atomic E-state index is 5.59. The van der Waals surface area contributed by atoms with Gasteiger partial charge in [0.1, 0.15) is 0 Å². The summed E-state index contributed by atoms with van der Waals surface area (Å²) in [5, 5.41) is 0. The molecule has 2 nitrogen and oxygen atoms in total. The minimum Gasteiger partial charge on any atom is -0.478 e. The van der Waals surface area contributed by atoms with Crippen molar-refractivity contribution in [2.24, 2.45) is 4.99 Å². The molecule has 1 unspecified atom stereocenters. The first-order chi connectivity index (χ1) is 7.35. The summed E-state index contributed by atoms with van der Waals surface area (Å²) in [5.74, 6) is 0.825. The smallest absolute Gasteiger partial charge is 0.216 e. The number of hydrogen-bond donors (Lipinski definition) is 0. The lowest BCUT2D eigenvalue weighted by Gasteiger charge is -2.22. The number of aliphatic imine (C=N–C) groups is 1. The molecule has 0 N–H and O–H groups in total. The normalized spacial score (nSPS) is 19.3. The topological polar surface area (TPSA) is 21.6 Å². The van der Waals surface area contributed by atoms with E-state index < -0.39 is 0 Å². The molecule has 1 heterocycles.